The molecule has 2 heterocycles. The molecule has 1 N–H and O–H groups in total. The van der Waals surface area contributed by atoms with Crippen LogP contribution in [0.4, 0.5) is 0 Å². The fourth-order valence-electron chi connectivity index (χ4n) is 3.33. The van der Waals surface area contributed by atoms with E-state index in [1.165, 1.54) is 6.26 Å². The summed E-state index contributed by atoms with van der Waals surface area (Å²) in [4.78, 5) is 26.8. The molecule has 2 aliphatic rings. The fraction of sp³-hybridized carbons (Fsp3) is 0.643. The number of carbonyl (C=O) groups excluding carboxylic acids is 2. The van der Waals surface area contributed by atoms with Crippen LogP contribution in [0, 0.1) is 0 Å². The highest BCUT2D eigenvalue weighted by atomic mass is 16.5. The molecule has 0 radical (unpaired) electrons. The molecular formula is C14H19N3O3. The van der Waals surface area contributed by atoms with E-state index in [1.807, 2.05) is 6.92 Å². The van der Waals surface area contributed by atoms with Crippen LogP contribution in [0.2, 0.25) is 0 Å². The van der Waals surface area contributed by atoms with Gasteiger partial charge in [0.05, 0.1) is 6.54 Å². The molecule has 1 saturated heterocycles. The standard InChI is InChI=1S/C14H19N3O3/c1-2-11-12(18)15-14(6-3-4-7-14)13(19)17(11)9-10-5-8-20-16-10/h5,8,11H,2-4,6-7,9H2,1H3,(H,15,18). The van der Waals surface area contributed by atoms with Crippen molar-refractivity contribution in [2.45, 2.75) is 57.2 Å². The van der Waals surface area contributed by atoms with E-state index in [4.69, 9.17) is 4.52 Å². The molecule has 20 heavy (non-hydrogen) atoms. The Bertz CT molecular complexity index is 506. The molecule has 1 aromatic heterocycles. The highest BCUT2D eigenvalue weighted by Gasteiger charge is 2.51. The van der Waals surface area contributed by atoms with Gasteiger partial charge in [-0.15, -0.1) is 0 Å². The first-order valence-corrected chi connectivity index (χ1v) is 7.18. The normalized spacial score (nSPS) is 25.2. The lowest BCUT2D eigenvalue weighted by molar-refractivity contribution is -0.155. The van der Waals surface area contributed by atoms with Crippen molar-refractivity contribution < 1.29 is 14.1 Å². The van der Waals surface area contributed by atoms with Crippen molar-refractivity contribution in [3.63, 3.8) is 0 Å². The highest BCUT2D eigenvalue weighted by molar-refractivity contribution is 6.00. The van der Waals surface area contributed by atoms with Gasteiger partial charge in [0.25, 0.3) is 0 Å². The zero-order chi connectivity index (χ0) is 14.2. The number of hydrogen-bond donors (Lipinski definition) is 1. The molecule has 2 fully saturated rings. The summed E-state index contributed by atoms with van der Waals surface area (Å²) in [5, 5.41) is 6.83. The second-order valence-corrected chi connectivity index (χ2v) is 5.63. The summed E-state index contributed by atoms with van der Waals surface area (Å²) in [7, 11) is 0. The van der Waals surface area contributed by atoms with E-state index in [9.17, 15) is 9.59 Å². The summed E-state index contributed by atoms with van der Waals surface area (Å²) in [6.07, 6.45) is 5.54. The number of aromatic nitrogens is 1. The lowest BCUT2D eigenvalue weighted by Crippen LogP contribution is -2.69. The van der Waals surface area contributed by atoms with Crippen LogP contribution in [-0.2, 0) is 16.1 Å². The SMILES string of the molecule is CCC1C(=O)NC2(CCCC2)C(=O)N1Cc1ccon1. The molecule has 1 atom stereocenters. The van der Waals surface area contributed by atoms with Gasteiger partial charge in [0.1, 0.15) is 23.5 Å². The molecule has 1 spiro atoms. The molecule has 108 valence electrons. The van der Waals surface area contributed by atoms with Crippen LogP contribution in [0.25, 0.3) is 0 Å². The van der Waals surface area contributed by atoms with Crippen molar-refractivity contribution >= 4 is 11.8 Å². The second kappa shape index (κ2) is 4.92. The molecule has 1 aliphatic carbocycles. The number of carbonyl (C=O) groups is 2. The van der Waals surface area contributed by atoms with E-state index in [-0.39, 0.29) is 11.8 Å². The van der Waals surface area contributed by atoms with Crippen LogP contribution in [0.3, 0.4) is 0 Å². The van der Waals surface area contributed by atoms with E-state index < -0.39 is 11.6 Å². The molecular weight excluding hydrogens is 258 g/mol. The van der Waals surface area contributed by atoms with Crippen molar-refractivity contribution in [3.05, 3.63) is 18.0 Å². The van der Waals surface area contributed by atoms with E-state index >= 15 is 0 Å². The van der Waals surface area contributed by atoms with Crippen molar-refractivity contribution in [2.24, 2.45) is 0 Å². The Morgan fingerprint density at radius 2 is 2.20 bits per heavy atom. The van der Waals surface area contributed by atoms with Crippen molar-refractivity contribution in [2.75, 3.05) is 0 Å². The molecule has 1 aliphatic heterocycles. The number of rotatable bonds is 3. The van der Waals surface area contributed by atoms with Crippen molar-refractivity contribution in [1.82, 2.24) is 15.4 Å². The van der Waals surface area contributed by atoms with E-state index in [0.717, 1.165) is 25.7 Å². The summed E-state index contributed by atoms with van der Waals surface area (Å²) in [5.74, 6) is -0.0121. The maximum atomic E-state index is 12.8. The van der Waals surface area contributed by atoms with E-state index in [0.29, 0.717) is 18.7 Å². The van der Waals surface area contributed by atoms with Gasteiger partial charge in [-0.2, -0.15) is 0 Å². The fourth-order valence-corrected chi connectivity index (χ4v) is 3.33. The number of nitrogens with one attached hydrogen (secondary N) is 1. The molecule has 1 saturated carbocycles. The average molecular weight is 277 g/mol. The smallest absolute Gasteiger partial charge is 0.249 e. The van der Waals surface area contributed by atoms with Gasteiger partial charge in [-0.05, 0) is 19.3 Å². The number of piperazine rings is 1. The van der Waals surface area contributed by atoms with Gasteiger partial charge in [0, 0.05) is 6.07 Å². The molecule has 1 unspecified atom stereocenters. The Kier molecular flexibility index (Phi) is 3.23. The number of hydrogen-bond acceptors (Lipinski definition) is 4. The minimum Gasteiger partial charge on any atom is -0.364 e. The number of nitrogens with zero attached hydrogens (tertiary/aromatic N) is 2. The minimum absolute atomic E-state index is 0.0319. The minimum atomic E-state index is -0.674. The third kappa shape index (κ3) is 1.99. The molecule has 6 nitrogen and oxygen atoms in total. The van der Waals surface area contributed by atoms with Crippen LogP contribution < -0.4 is 5.32 Å². The predicted molar refractivity (Wildman–Crippen MR) is 70.5 cm³/mol. The van der Waals surface area contributed by atoms with Crippen LogP contribution in [0.5, 0.6) is 0 Å². The third-order valence-electron chi connectivity index (χ3n) is 4.38. The molecule has 1 aromatic rings. The van der Waals surface area contributed by atoms with Gasteiger partial charge in [0.15, 0.2) is 0 Å². The first-order valence-electron chi connectivity index (χ1n) is 7.18. The molecule has 3 rings (SSSR count). The molecule has 2 amide bonds. The summed E-state index contributed by atoms with van der Waals surface area (Å²) in [6, 6.07) is 1.32. The van der Waals surface area contributed by atoms with Crippen LogP contribution in [0.15, 0.2) is 16.9 Å². The summed E-state index contributed by atoms with van der Waals surface area (Å²) in [5.41, 5.74) is 0.00611. The van der Waals surface area contributed by atoms with Crippen molar-refractivity contribution in [3.8, 4) is 0 Å². The molecule has 6 heteroatoms. The first kappa shape index (κ1) is 13.1. The van der Waals surface area contributed by atoms with Gasteiger partial charge in [-0.1, -0.05) is 24.9 Å². The maximum absolute atomic E-state index is 12.8. The van der Waals surface area contributed by atoms with Gasteiger partial charge in [0.2, 0.25) is 11.8 Å². The largest absolute Gasteiger partial charge is 0.364 e. The van der Waals surface area contributed by atoms with Crippen LogP contribution in [-0.4, -0.2) is 33.5 Å². The molecule has 0 aromatic carbocycles. The molecule has 0 bridgehead atoms. The zero-order valence-electron chi connectivity index (χ0n) is 11.6. The van der Waals surface area contributed by atoms with E-state index in [1.54, 1.807) is 11.0 Å². The van der Waals surface area contributed by atoms with Gasteiger partial charge in [-0.25, -0.2) is 0 Å². The van der Waals surface area contributed by atoms with Gasteiger partial charge in [-0.3, -0.25) is 9.59 Å². The lowest BCUT2D eigenvalue weighted by atomic mass is 9.90. The topological polar surface area (TPSA) is 75.4 Å². The average Bonchev–Trinajstić information content (AvgIpc) is 3.08. The zero-order valence-corrected chi connectivity index (χ0v) is 11.6. The van der Waals surface area contributed by atoms with E-state index in [2.05, 4.69) is 10.5 Å². The Morgan fingerprint density at radius 3 is 2.80 bits per heavy atom. The maximum Gasteiger partial charge on any atom is 0.249 e. The Morgan fingerprint density at radius 1 is 1.45 bits per heavy atom. The Labute approximate surface area is 117 Å². The lowest BCUT2D eigenvalue weighted by Gasteiger charge is -2.44. The summed E-state index contributed by atoms with van der Waals surface area (Å²) >= 11 is 0. The number of amides is 2. The van der Waals surface area contributed by atoms with Gasteiger partial charge < -0.3 is 14.7 Å². The highest BCUT2D eigenvalue weighted by Crippen LogP contribution is 2.35. The summed E-state index contributed by atoms with van der Waals surface area (Å²) < 4.78 is 4.82. The summed E-state index contributed by atoms with van der Waals surface area (Å²) in [6.45, 7) is 2.25. The van der Waals surface area contributed by atoms with Crippen LogP contribution >= 0.6 is 0 Å². The van der Waals surface area contributed by atoms with Crippen molar-refractivity contribution in [1.29, 1.82) is 0 Å². The Hall–Kier alpha value is -1.85. The third-order valence-corrected chi connectivity index (χ3v) is 4.38. The van der Waals surface area contributed by atoms with Crippen LogP contribution in [0.1, 0.15) is 44.7 Å². The quantitative estimate of drug-likeness (QED) is 0.901. The second-order valence-electron chi connectivity index (χ2n) is 5.63. The predicted octanol–water partition coefficient (Wildman–Crippen LogP) is 1.22. The monoisotopic (exact) mass is 277 g/mol. The van der Waals surface area contributed by atoms with Gasteiger partial charge >= 0.3 is 0 Å². The Balaban J connectivity index is 1.89. The first-order chi connectivity index (χ1) is 9.66.